The fourth-order valence-corrected chi connectivity index (χ4v) is 2.64. The largest absolute Gasteiger partial charge is 0.494 e. The van der Waals surface area contributed by atoms with Gasteiger partial charge in [0.25, 0.3) is 0 Å². The number of fused-ring (bicyclic) bond motifs is 1. The molecule has 2 N–H and O–H groups in total. The summed E-state index contributed by atoms with van der Waals surface area (Å²) in [6.45, 7) is 0.166. The lowest BCUT2D eigenvalue weighted by atomic mass is 10.00. The third kappa shape index (κ3) is 2.39. The van der Waals surface area contributed by atoms with E-state index in [4.69, 9.17) is 11.8 Å². The molecule has 0 saturated heterocycles. The van der Waals surface area contributed by atoms with Gasteiger partial charge in [0.05, 0.1) is 17.6 Å². The predicted molar refractivity (Wildman–Crippen MR) is 90.0 cm³/mol. The number of carbonyl (C=O) groups excluding carboxylic acids is 1. The quantitative estimate of drug-likeness (QED) is 0.441. The molecule has 4 nitrogen and oxygen atoms in total. The Morgan fingerprint density at radius 2 is 1.78 bits per heavy atom. The Bertz CT molecular complexity index is 947. The highest BCUT2D eigenvalue weighted by molar-refractivity contribution is 6.52. The third-order valence-electron chi connectivity index (χ3n) is 3.71. The molecule has 3 aromatic rings. The normalized spacial score (nSPS) is 10.4. The minimum atomic E-state index is -0.440. The van der Waals surface area contributed by atoms with Crippen LogP contribution in [0.25, 0.3) is 10.9 Å². The Balaban J connectivity index is 2.17. The molecule has 0 aliphatic carbocycles. The summed E-state index contributed by atoms with van der Waals surface area (Å²) in [6, 6.07) is 15.8. The number of Topliss-reactive ketones (excluding diaryl/α,β-unsaturated/α-hetero) is 1. The van der Waals surface area contributed by atoms with Gasteiger partial charge in [-0.2, -0.15) is 0 Å². The van der Waals surface area contributed by atoms with Gasteiger partial charge in [-0.25, -0.2) is 0 Å². The zero-order chi connectivity index (χ0) is 16.4. The van der Waals surface area contributed by atoms with Gasteiger partial charge in [0.15, 0.2) is 0 Å². The minimum Gasteiger partial charge on any atom is -0.494 e. The highest BCUT2D eigenvalue weighted by Crippen LogP contribution is 2.32. The van der Waals surface area contributed by atoms with Crippen LogP contribution in [0, 0.1) is 17.8 Å². The second-order valence-corrected chi connectivity index (χ2v) is 5.08. The standard InChI is InChI=1S/C19H14N2O2/c1-2-12-21-15-11-7-6-10-14(15)16(19(21)23)17(20)18(22)13-8-4-3-5-9-13/h1,3-11,20,23H,12H2. The number of para-hydroxylation sites is 1. The van der Waals surface area contributed by atoms with Crippen LogP contribution in [0.5, 0.6) is 5.88 Å². The average Bonchev–Trinajstić information content (AvgIpc) is 2.87. The van der Waals surface area contributed by atoms with Gasteiger partial charge in [-0.3, -0.25) is 10.2 Å². The van der Waals surface area contributed by atoms with Crippen LogP contribution < -0.4 is 0 Å². The minimum absolute atomic E-state index is 0.154. The zero-order valence-corrected chi connectivity index (χ0v) is 12.3. The molecule has 0 amide bonds. The van der Waals surface area contributed by atoms with Crippen LogP contribution in [0.15, 0.2) is 54.6 Å². The van der Waals surface area contributed by atoms with Crippen molar-refractivity contribution < 1.29 is 9.90 Å². The van der Waals surface area contributed by atoms with E-state index in [9.17, 15) is 9.90 Å². The Labute approximate surface area is 133 Å². The number of carbonyl (C=O) groups is 1. The Kier molecular flexibility index (Phi) is 3.70. The summed E-state index contributed by atoms with van der Waals surface area (Å²) in [7, 11) is 0. The van der Waals surface area contributed by atoms with Crippen molar-refractivity contribution in [3.8, 4) is 18.2 Å². The number of terminal acetylenes is 1. The van der Waals surface area contributed by atoms with Crippen molar-refractivity contribution in [1.29, 1.82) is 5.41 Å². The fraction of sp³-hybridized carbons (Fsp3) is 0.0526. The van der Waals surface area contributed by atoms with Crippen molar-refractivity contribution in [3.05, 3.63) is 65.7 Å². The number of nitrogens with one attached hydrogen (secondary N) is 1. The number of hydrogen-bond donors (Lipinski definition) is 2. The van der Waals surface area contributed by atoms with E-state index in [-0.39, 0.29) is 23.7 Å². The first kappa shape index (κ1) is 14.6. The van der Waals surface area contributed by atoms with E-state index in [1.807, 2.05) is 6.07 Å². The van der Waals surface area contributed by atoms with E-state index in [0.717, 1.165) is 0 Å². The molecular weight excluding hydrogens is 288 g/mol. The summed E-state index contributed by atoms with van der Waals surface area (Å²) in [5.74, 6) is 1.88. The van der Waals surface area contributed by atoms with Gasteiger partial charge in [-0.1, -0.05) is 54.5 Å². The molecule has 0 unspecified atom stereocenters. The molecule has 2 aromatic carbocycles. The fourth-order valence-electron chi connectivity index (χ4n) is 2.64. The van der Waals surface area contributed by atoms with Crippen LogP contribution in [0.2, 0.25) is 0 Å². The molecular formula is C19H14N2O2. The Hall–Kier alpha value is -3.32. The van der Waals surface area contributed by atoms with E-state index in [1.54, 1.807) is 48.5 Å². The molecule has 23 heavy (non-hydrogen) atoms. The first-order valence-corrected chi connectivity index (χ1v) is 7.07. The summed E-state index contributed by atoms with van der Waals surface area (Å²) in [5.41, 5.74) is 1.07. The van der Waals surface area contributed by atoms with Crippen molar-refractivity contribution in [2.75, 3.05) is 0 Å². The first-order valence-electron chi connectivity index (χ1n) is 7.07. The van der Waals surface area contributed by atoms with E-state index >= 15 is 0 Å². The first-order chi connectivity index (χ1) is 11.1. The van der Waals surface area contributed by atoms with Gasteiger partial charge in [0, 0.05) is 10.9 Å². The van der Waals surface area contributed by atoms with Crippen LogP contribution >= 0.6 is 0 Å². The summed E-state index contributed by atoms with van der Waals surface area (Å²) < 4.78 is 1.53. The van der Waals surface area contributed by atoms with Crippen LogP contribution in [0.1, 0.15) is 15.9 Å². The lowest BCUT2D eigenvalue weighted by molar-refractivity contribution is 0.106. The lowest BCUT2D eigenvalue weighted by Crippen LogP contribution is -2.14. The van der Waals surface area contributed by atoms with E-state index in [0.29, 0.717) is 16.5 Å². The average molecular weight is 302 g/mol. The second-order valence-electron chi connectivity index (χ2n) is 5.08. The molecule has 0 fully saturated rings. The smallest absolute Gasteiger partial charge is 0.211 e. The van der Waals surface area contributed by atoms with Crippen molar-refractivity contribution in [3.63, 3.8) is 0 Å². The number of hydrogen-bond acceptors (Lipinski definition) is 3. The molecule has 1 aromatic heterocycles. The van der Waals surface area contributed by atoms with Gasteiger partial charge in [0.2, 0.25) is 11.7 Å². The predicted octanol–water partition coefficient (Wildman–Crippen LogP) is 3.23. The Morgan fingerprint density at radius 1 is 1.13 bits per heavy atom. The SMILES string of the molecule is C#CCn1c(O)c(C(=N)C(=O)c2ccccc2)c2ccccc21. The molecule has 0 bridgehead atoms. The molecule has 3 rings (SSSR count). The van der Waals surface area contributed by atoms with Crippen LogP contribution in [0.3, 0.4) is 0 Å². The number of aromatic nitrogens is 1. The molecule has 4 heteroatoms. The van der Waals surface area contributed by atoms with Gasteiger partial charge in [-0.05, 0) is 6.07 Å². The molecule has 0 saturated carbocycles. The summed E-state index contributed by atoms with van der Waals surface area (Å²) in [5, 5.41) is 19.4. The van der Waals surface area contributed by atoms with E-state index < -0.39 is 5.78 Å². The summed E-state index contributed by atoms with van der Waals surface area (Å²) in [4.78, 5) is 12.5. The summed E-state index contributed by atoms with van der Waals surface area (Å²) in [6.07, 6.45) is 5.35. The van der Waals surface area contributed by atoms with E-state index in [1.165, 1.54) is 4.57 Å². The van der Waals surface area contributed by atoms with E-state index in [2.05, 4.69) is 5.92 Å². The van der Waals surface area contributed by atoms with Gasteiger partial charge in [-0.15, -0.1) is 6.42 Å². The highest BCUT2D eigenvalue weighted by atomic mass is 16.3. The number of rotatable bonds is 4. The number of benzene rings is 2. The Morgan fingerprint density at radius 3 is 2.48 bits per heavy atom. The van der Waals surface area contributed by atoms with Crippen molar-refractivity contribution in [2.45, 2.75) is 6.54 Å². The molecule has 0 atom stereocenters. The number of aromatic hydroxyl groups is 1. The molecule has 0 aliphatic heterocycles. The molecule has 0 spiro atoms. The van der Waals surface area contributed by atoms with Crippen molar-refractivity contribution in [1.82, 2.24) is 4.57 Å². The maximum atomic E-state index is 12.5. The second kappa shape index (κ2) is 5.82. The molecule has 0 aliphatic rings. The lowest BCUT2D eigenvalue weighted by Gasteiger charge is -2.04. The third-order valence-corrected chi connectivity index (χ3v) is 3.71. The van der Waals surface area contributed by atoms with Crippen molar-refractivity contribution >= 4 is 22.4 Å². The molecule has 112 valence electrons. The maximum absolute atomic E-state index is 12.5. The topological polar surface area (TPSA) is 66.1 Å². The number of nitrogens with zero attached hydrogens (tertiary/aromatic N) is 1. The van der Waals surface area contributed by atoms with Crippen molar-refractivity contribution in [2.24, 2.45) is 0 Å². The van der Waals surface area contributed by atoms with Crippen LogP contribution in [-0.2, 0) is 6.54 Å². The number of ketones is 1. The summed E-state index contributed by atoms with van der Waals surface area (Å²) >= 11 is 0. The molecule has 0 radical (unpaired) electrons. The van der Waals surface area contributed by atoms with Gasteiger partial charge >= 0.3 is 0 Å². The monoisotopic (exact) mass is 302 g/mol. The highest BCUT2D eigenvalue weighted by Gasteiger charge is 2.24. The molecule has 1 heterocycles. The van der Waals surface area contributed by atoms with Crippen LogP contribution in [0.4, 0.5) is 0 Å². The maximum Gasteiger partial charge on any atom is 0.211 e. The van der Waals surface area contributed by atoms with Crippen LogP contribution in [-0.4, -0.2) is 21.2 Å². The zero-order valence-electron chi connectivity index (χ0n) is 12.3. The van der Waals surface area contributed by atoms with Gasteiger partial charge in [0.1, 0.15) is 5.71 Å². The van der Waals surface area contributed by atoms with Gasteiger partial charge < -0.3 is 9.67 Å².